The summed E-state index contributed by atoms with van der Waals surface area (Å²) in [4.78, 5) is 18.7. The first-order valence-corrected chi connectivity index (χ1v) is 8.50. The number of carbonyl (C=O) groups is 1. The summed E-state index contributed by atoms with van der Waals surface area (Å²) in [6.07, 6.45) is 2.28. The molecule has 2 fully saturated rings. The Morgan fingerprint density at radius 2 is 1.83 bits per heavy atom. The van der Waals surface area contributed by atoms with Gasteiger partial charge < -0.3 is 9.80 Å². The summed E-state index contributed by atoms with van der Waals surface area (Å²) >= 11 is 6.11. The Hall–Kier alpha value is -1.77. The third-order valence-electron chi connectivity index (χ3n) is 4.63. The van der Waals surface area contributed by atoms with Gasteiger partial charge in [0.25, 0.3) is 0 Å². The summed E-state index contributed by atoms with van der Waals surface area (Å²) in [5, 5.41) is 9.43. The van der Waals surface area contributed by atoms with E-state index < -0.39 is 0 Å². The monoisotopic (exact) mass is 332 g/mol. The summed E-state index contributed by atoms with van der Waals surface area (Å²) in [7, 11) is 0. The van der Waals surface area contributed by atoms with Crippen molar-refractivity contribution in [3.05, 3.63) is 28.8 Å². The quantitative estimate of drug-likeness (QED) is 0.849. The molecule has 0 aromatic heterocycles. The molecule has 2 aliphatic heterocycles. The molecule has 0 unspecified atom stereocenters. The lowest BCUT2D eigenvalue weighted by atomic mass is 10.2. The lowest BCUT2D eigenvalue weighted by molar-refractivity contribution is -0.131. The molecule has 6 heteroatoms. The van der Waals surface area contributed by atoms with Gasteiger partial charge in [0.15, 0.2) is 0 Å². The summed E-state index contributed by atoms with van der Waals surface area (Å²) in [6.45, 7) is 5.85. The number of rotatable bonds is 3. The molecular formula is C17H21ClN4O. The molecular weight excluding hydrogens is 312 g/mol. The Morgan fingerprint density at radius 1 is 1.13 bits per heavy atom. The van der Waals surface area contributed by atoms with Crippen molar-refractivity contribution in [3.63, 3.8) is 0 Å². The number of anilines is 1. The van der Waals surface area contributed by atoms with Gasteiger partial charge in [-0.25, -0.2) is 0 Å². The first-order valence-electron chi connectivity index (χ1n) is 8.12. The van der Waals surface area contributed by atoms with Crippen LogP contribution in [0.15, 0.2) is 18.2 Å². The van der Waals surface area contributed by atoms with Crippen molar-refractivity contribution in [1.82, 2.24) is 9.80 Å². The zero-order valence-corrected chi connectivity index (χ0v) is 13.9. The standard InChI is InChI=1S/C17H21ClN4O/c18-16-11-15(4-3-14(16)12-19)21-9-7-20(8-10-21)13-17(23)22-5-1-2-6-22/h3-4,11H,1-2,5-10,13H2. The van der Waals surface area contributed by atoms with Crippen LogP contribution in [0.3, 0.4) is 0 Å². The fourth-order valence-corrected chi connectivity index (χ4v) is 3.43. The van der Waals surface area contributed by atoms with E-state index in [0.717, 1.165) is 57.8 Å². The molecule has 0 saturated carbocycles. The van der Waals surface area contributed by atoms with Crippen molar-refractivity contribution in [2.24, 2.45) is 0 Å². The molecule has 0 aliphatic carbocycles. The van der Waals surface area contributed by atoms with Crippen LogP contribution in [0.25, 0.3) is 0 Å². The van der Waals surface area contributed by atoms with Crippen LogP contribution in [-0.4, -0.2) is 61.5 Å². The van der Waals surface area contributed by atoms with Gasteiger partial charge in [-0.3, -0.25) is 9.69 Å². The Labute approximate surface area is 142 Å². The molecule has 2 aliphatic rings. The largest absolute Gasteiger partial charge is 0.369 e. The van der Waals surface area contributed by atoms with Gasteiger partial charge in [0.05, 0.1) is 17.1 Å². The van der Waals surface area contributed by atoms with Crippen LogP contribution in [0.5, 0.6) is 0 Å². The van der Waals surface area contributed by atoms with E-state index in [1.807, 2.05) is 17.0 Å². The average Bonchev–Trinajstić information content (AvgIpc) is 3.10. The van der Waals surface area contributed by atoms with Gasteiger partial charge in [-0.1, -0.05) is 11.6 Å². The Bertz CT molecular complexity index is 614. The summed E-state index contributed by atoms with van der Waals surface area (Å²) in [6, 6.07) is 7.64. The van der Waals surface area contributed by atoms with E-state index in [2.05, 4.69) is 15.9 Å². The molecule has 2 saturated heterocycles. The zero-order valence-electron chi connectivity index (χ0n) is 13.2. The topological polar surface area (TPSA) is 50.6 Å². The van der Waals surface area contributed by atoms with Crippen LogP contribution in [0.2, 0.25) is 5.02 Å². The van der Waals surface area contributed by atoms with Crippen LogP contribution in [0.4, 0.5) is 5.69 Å². The van der Waals surface area contributed by atoms with Crippen LogP contribution in [-0.2, 0) is 4.79 Å². The fraction of sp³-hybridized carbons (Fsp3) is 0.529. The van der Waals surface area contributed by atoms with Gasteiger partial charge in [-0.15, -0.1) is 0 Å². The molecule has 1 amide bonds. The van der Waals surface area contributed by atoms with Crippen molar-refractivity contribution >= 4 is 23.2 Å². The van der Waals surface area contributed by atoms with Crippen LogP contribution < -0.4 is 4.90 Å². The third kappa shape index (κ3) is 3.77. The van der Waals surface area contributed by atoms with E-state index >= 15 is 0 Å². The van der Waals surface area contributed by atoms with Gasteiger partial charge in [-0.05, 0) is 31.0 Å². The van der Waals surface area contributed by atoms with E-state index in [9.17, 15) is 4.79 Å². The lowest BCUT2D eigenvalue weighted by Gasteiger charge is -2.36. The number of nitrogens with zero attached hydrogens (tertiary/aromatic N) is 4. The number of benzene rings is 1. The molecule has 1 aromatic rings. The molecule has 1 aromatic carbocycles. The predicted octanol–water partition coefficient (Wildman–Crippen LogP) is 1.96. The van der Waals surface area contributed by atoms with Gasteiger partial charge in [0, 0.05) is 45.0 Å². The number of halogens is 1. The van der Waals surface area contributed by atoms with E-state index in [1.54, 1.807) is 6.07 Å². The normalized spacial score (nSPS) is 19.0. The minimum atomic E-state index is 0.261. The third-order valence-corrected chi connectivity index (χ3v) is 4.94. The lowest BCUT2D eigenvalue weighted by Crippen LogP contribution is -2.49. The van der Waals surface area contributed by atoms with Gasteiger partial charge in [0.1, 0.15) is 6.07 Å². The number of carbonyl (C=O) groups excluding carboxylic acids is 1. The van der Waals surface area contributed by atoms with E-state index in [0.29, 0.717) is 17.1 Å². The maximum Gasteiger partial charge on any atom is 0.236 e. The first kappa shape index (κ1) is 16.1. The van der Waals surface area contributed by atoms with Crippen molar-refractivity contribution < 1.29 is 4.79 Å². The molecule has 0 radical (unpaired) electrons. The Balaban J connectivity index is 1.53. The SMILES string of the molecule is N#Cc1ccc(N2CCN(CC(=O)N3CCCC3)CC2)cc1Cl. The van der Waals surface area contributed by atoms with E-state index in [-0.39, 0.29) is 5.91 Å². The van der Waals surface area contributed by atoms with E-state index in [4.69, 9.17) is 16.9 Å². The summed E-state index contributed by atoms with van der Waals surface area (Å²) < 4.78 is 0. The maximum absolute atomic E-state index is 12.2. The number of piperazine rings is 1. The van der Waals surface area contributed by atoms with Crippen molar-refractivity contribution in [2.45, 2.75) is 12.8 Å². The molecule has 23 heavy (non-hydrogen) atoms. The van der Waals surface area contributed by atoms with Gasteiger partial charge in [0.2, 0.25) is 5.91 Å². The highest BCUT2D eigenvalue weighted by Gasteiger charge is 2.23. The molecule has 0 atom stereocenters. The average molecular weight is 333 g/mol. The Morgan fingerprint density at radius 3 is 2.43 bits per heavy atom. The number of hydrogen-bond donors (Lipinski definition) is 0. The smallest absolute Gasteiger partial charge is 0.236 e. The molecule has 122 valence electrons. The van der Waals surface area contributed by atoms with Crippen molar-refractivity contribution in [1.29, 1.82) is 5.26 Å². The zero-order chi connectivity index (χ0) is 16.2. The molecule has 0 N–H and O–H groups in total. The molecule has 0 bridgehead atoms. The highest BCUT2D eigenvalue weighted by molar-refractivity contribution is 6.32. The number of hydrogen-bond acceptors (Lipinski definition) is 4. The summed E-state index contributed by atoms with van der Waals surface area (Å²) in [5.74, 6) is 0.261. The minimum absolute atomic E-state index is 0.261. The van der Waals surface area contributed by atoms with Crippen LogP contribution in [0.1, 0.15) is 18.4 Å². The molecule has 0 spiro atoms. The molecule has 3 rings (SSSR count). The second-order valence-corrected chi connectivity index (χ2v) is 6.53. The second-order valence-electron chi connectivity index (χ2n) is 6.13. The molecule has 5 nitrogen and oxygen atoms in total. The predicted molar refractivity (Wildman–Crippen MR) is 90.6 cm³/mol. The first-order chi connectivity index (χ1) is 11.2. The second kappa shape index (κ2) is 7.20. The highest BCUT2D eigenvalue weighted by Crippen LogP contribution is 2.24. The number of amides is 1. The maximum atomic E-state index is 12.2. The van der Waals surface area contributed by atoms with Gasteiger partial charge >= 0.3 is 0 Å². The van der Waals surface area contributed by atoms with Crippen LogP contribution in [0, 0.1) is 11.3 Å². The number of nitriles is 1. The fourth-order valence-electron chi connectivity index (χ4n) is 3.21. The minimum Gasteiger partial charge on any atom is -0.369 e. The van der Waals surface area contributed by atoms with E-state index in [1.165, 1.54) is 0 Å². The highest BCUT2D eigenvalue weighted by atomic mass is 35.5. The summed E-state index contributed by atoms with van der Waals surface area (Å²) in [5.41, 5.74) is 1.55. The Kier molecular flexibility index (Phi) is 5.04. The van der Waals surface area contributed by atoms with Crippen LogP contribution >= 0.6 is 11.6 Å². The van der Waals surface area contributed by atoms with Gasteiger partial charge in [-0.2, -0.15) is 5.26 Å². The van der Waals surface area contributed by atoms with Crippen molar-refractivity contribution in [2.75, 3.05) is 50.7 Å². The number of likely N-dealkylation sites (tertiary alicyclic amines) is 1. The molecule has 2 heterocycles. The van der Waals surface area contributed by atoms with Crippen molar-refractivity contribution in [3.8, 4) is 6.07 Å².